The van der Waals surface area contributed by atoms with Gasteiger partial charge in [0, 0.05) is 29.3 Å². The zero-order valence-corrected chi connectivity index (χ0v) is 22.9. The quantitative estimate of drug-likeness (QED) is 0.403. The highest BCUT2D eigenvalue weighted by Crippen LogP contribution is 2.28. The number of amides is 2. The van der Waals surface area contributed by atoms with Crippen LogP contribution in [0.4, 0.5) is 5.69 Å². The summed E-state index contributed by atoms with van der Waals surface area (Å²) in [5.41, 5.74) is 5.91. The maximum atomic E-state index is 13.4. The number of hydrogen-bond acceptors (Lipinski definition) is 3. The molecule has 5 heteroatoms. The smallest absolute Gasteiger partial charge is 0.254 e. The third kappa shape index (κ3) is 6.22. The fraction of sp³-hybridized carbons (Fsp3) is 0.375. The molecule has 3 aromatic carbocycles. The fourth-order valence-electron chi connectivity index (χ4n) is 4.53. The Kier molecular flexibility index (Phi) is 7.72. The summed E-state index contributed by atoms with van der Waals surface area (Å²) in [4.78, 5) is 30.2. The van der Waals surface area contributed by atoms with E-state index in [4.69, 9.17) is 4.74 Å². The van der Waals surface area contributed by atoms with Gasteiger partial charge in [0.1, 0.15) is 12.4 Å². The molecule has 1 aliphatic heterocycles. The van der Waals surface area contributed by atoms with E-state index in [0.717, 1.165) is 28.1 Å². The number of carbonyl (C=O) groups excluding carboxylic acids is 2. The van der Waals surface area contributed by atoms with Crippen LogP contribution in [0.15, 0.2) is 66.7 Å². The Morgan fingerprint density at radius 1 is 0.973 bits per heavy atom. The molecule has 0 N–H and O–H groups in total. The maximum Gasteiger partial charge on any atom is 0.254 e. The first-order valence-electron chi connectivity index (χ1n) is 13.1. The van der Waals surface area contributed by atoms with E-state index in [1.807, 2.05) is 91.2 Å². The molecule has 37 heavy (non-hydrogen) atoms. The molecule has 0 atom stereocenters. The van der Waals surface area contributed by atoms with E-state index in [1.165, 1.54) is 5.56 Å². The van der Waals surface area contributed by atoms with Gasteiger partial charge in [0.05, 0.1) is 13.1 Å². The number of fused-ring (bicyclic) bond motifs is 1. The van der Waals surface area contributed by atoms with Crippen molar-refractivity contribution < 1.29 is 14.3 Å². The van der Waals surface area contributed by atoms with Crippen molar-refractivity contribution in [2.75, 3.05) is 18.1 Å². The van der Waals surface area contributed by atoms with Gasteiger partial charge >= 0.3 is 0 Å². The van der Waals surface area contributed by atoms with E-state index in [9.17, 15) is 9.59 Å². The van der Waals surface area contributed by atoms with E-state index >= 15 is 0 Å². The first-order chi connectivity index (χ1) is 17.5. The summed E-state index contributed by atoms with van der Waals surface area (Å²) in [6.07, 6.45) is 0. The lowest BCUT2D eigenvalue weighted by atomic mass is 9.86. The number of hydrogen-bond donors (Lipinski definition) is 0. The van der Waals surface area contributed by atoms with Gasteiger partial charge in [0.25, 0.3) is 5.91 Å². The summed E-state index contributed by atoms with van der Waals surface area (Å²) >= 11 is 0. The molecule has 0 aliphatic carbocycles. The third-order valence-corrected chi connectivity index (χ3v) is 6.84. The minimum atomic E-state index is -0.122. The molecule has 194 valence electrons. The number of ether oxygens (including phenoxy) is 1. The first kappa shape index (κ1) is 26.5. The predicted molar refractivity (Wildman–Crippen MR) is 149 cm³/mol. The van der Waals surface area contributed by atoms with Crippen molar-refractivity contribution >= 4 is 17.5 Å². The van der Waals surface area contributed by atoms with Gasteiger partial charge in [-0.1, -0.05) is 70.5 Å². The molecule has 0 unspecified atom stereocenters. The van der Waals surface area contributed by atoms with Gasteiger partial charge in [0.2, 0.25) is 5.91 Å². The summed E-state index contributed by atoms with van der Waals surface area (Å²) in [5, 5.41) is 0. The SMILES string of the molecule is Cc1ccc(N(Cc2ccc3c(c2)CN(C(=O)c2ccc(C(C)(C)C)cc2)CCO3)C(=O)C(C)C)cc1. The van der Waals surface area contributed by atoms with Gasteiger partial charge in [-0.15, -0.1) is 0 Å². The molecule has 0 saturated carbocycles. The second-order valence-corrected chi connectivity index (χ2v) is 11.3. The van der Waals surface area contributed by atoms with Gasteiger partial charge in [-0.05, 0) is 59.9 Å². The molecule has 0 fully saturated rings. The van der Waals surface area contributed by atoms with Crippen LogP contribution in [-0.4, -0.2) is 29.9 Å². The number of anilines is 1. The van der Waals surface area contributed by atoms with Crippen LogP contribution >= 0.6 is 0 Å². The number of benzene rings is 3. The normalized spacial score (nSPS) is 13.5. The molecule has 4 rings (SSSR count). The van der Waals surface area contributed by atoms with E-state index < -0.39 is 0 Å². The van der Waals surface area contributed by atoms with Gasteiger partial charge in [0.15, 0.2) is 0 Å². The number of nitrogens with zero attached hydrogens (tertiary/aromatic N) is 2. The zero-order valence-electron chi connectivity index (χ0n) is 22.9. The van der Waals surface area contributed by atoms with Crippen LogP contribution in [0.25, 0.3) is 0 Å². The summed E-state index contributed by atoms with van der Waals surface area (Å²) in [6.45, 7) is 14.3. The van der Waals surface area contributed by atoms with Gasteiger partial charge in [-0.25, -0.2) is 0 Å². The summed E-state index contributed by atoms with van der Waals surface area (Å²) < 4.78 is 6.00. The van der Waals surface area contributed by atoms with Crippen LogP contribution in [0.2, 0.25) is 0 Å². The zero-order chi connectivity index (χ0) is 26.7. The fourth-order valence-corrected chi connectivity index (χ4v) is 4.53. The Labute approximate surface area is 221 Å². The van der Waals surface area contributed by atoms with E-state index in [2.05, 4.69) is 26.8 Å². The van der Waals surface area contributed by atoms with Crippen LogP contribution in [0.1, 0.15) is 67.2 Å². The minimum absolute atomic E-state index is 0.00132. The Balaban J connectivity index is 1.57. The molecular weight excluding hydrogens is 460 g/mol. The molecule has 0 radical (unpaired) electrons. The minimum Gasteiger partial charge on any atom is -0.491 e. The average Bonchev–Trinajstić information content (AvgIpc) is 3.08. The Morgan fingerprint density at radius 2 is 1.65 bits per heavy atom. The van der Waals surface area contributed by atoms with Crippen molar-refractivity contribution in [1.82, 2.24) is 4.90 Å². The average molecular weight is 499 g/mol. The molecule has 0 spiro atoms. The molecule has 2 amide bonds. The summed E-state index contributed by atoms with van der Waals surface area (Å²) in [7, 11) is 0. The highest BCUT2D eigenvalue weighted by atomic mass is 16.5. The highest BCUT2D eigenvalue weighted by molar-refractivity contribution is 5.95. The standard InChI is InChI=1S/C32H38N2O3/c1-22(2)30(35)34(28-14-7-23(3)8-15-28)20-24-9-16-29-26(19-24)21-33(17-18-37-29)31(36)25-10-12-27(13-11-25)32(4,5)6/h7-16,19,22H,17-18,20-21H2,1-6H3. The van der Waals surface area contributed by atoms with Gasteiger partial charge in [-0.2, -0.15) is 0 Å². The lowest BCUT2D eigenvalue weighted by molar-refractivity contribution is -0.121. The number of carbonyl (C=O) groups is 2. The topological polar surface area (TPSA) is 49.9 Å². The van der Waals surface area contributed by atoms with Crippen molar-refractivity contribution in [3.05, 3.63) is 94.5 Å². The van der Waals surface area contributed by atoms with Gasteiger partial charge in [-0.3, -0.25) is 9.59 Å². The largest absolute Gasteiger partial charge is 0.491 e. The lowest BCUT2D eigenvalue weighted by Gasteiger charge is -2.26. The summed E-state index contributed by atoms with van der Waals surface area (Å²) in [5.74, 6) is 0.742. The van der Waals surface area contributed by atoms with Crippen molar-refractivity contribution in [3.8, 4) is 5.75 Å². The number of aryl methyl sites for hydroxylation is 1. The lowest BCUT2D eigenvalue weighted by Crippen LogP contribution is -2.34. The second-order valence-electron chi connectivity index (χ2n) is 11.3. The summed E-state index contributed by atoms with van der Waals surface area (Å²) in [6, 6.07) is 22.0. The van der Waals surface area contributed by atoms with Crippen LogP contribution in [0.5, 0.6) is 5.75 Å². The first-order valence-corrected chi connectivity index (χ1v) is 13.1. The molecule has 1 aliphatic rings. The Morgan fingerprint density at radius 3 is 2.27 bits per heavy atom. The Bertz CT molecular complexity index is 1250. The molecule has 0 bridgehead atoms. The van der Waals surface area contributed by atoms with Crippen LogP contribution in [0, 0.1) is 12.8 Å². The van der Waals surface area contributed by atoms with E-state index in [0.29, 0.717) is 31.8 Å². The third-order valence-electron chi connectivity index (χ3n) is 6.84. The Hall–Kier alpha value is -3.60. The van der Waals surface area contributed by atoms with Gasteiger partial charge < -0.3 is 14.5 Å². The van der Waals surface area contributed by atoms with Crippen molar-refractivity contribution in [2.24, 2.45) is 5.92 Å². The maximum absolute atomic E-state index is 13.4. The second kappa shape index (κ2) is 10.8. The molecule has 0 aromatic heterocycles. The van der Waals surface area contributed by atoms with Crippen molar-refractivity contribution in [3.63, 3.8) is 0 Å². The van der Waals surface area contributed by atoms with Crippen LogP contribution in [0.3, 0.4) is 0 Å². The monoisotopic (exact) mass is 498 g/mol. The molecule has 5 nitrogen and oxygen atoms in total. The predicted octanol–water partition coefficient (Wildman–Crippen LogP) is 6.52. The number of rotatable bonds is 5. The molecule has 3 aromatic rings. The van der Waals surface area contributed by atoms with E-state index in [-0.39, 0.29) is 23.1 Å². The van der Waals surface area contributed by atoms with Crippen molar-refractivity contribution in [2.45, 2.75) is 60.0 Å². The molecular formula is C32H38N2O3. The molecule has 0 saturated heterocycles. The van der Waals surface area contributed by atoms with Crippen molar-refractivity contribution in [1.29, 1.82) is 0 Å². The van der Waals surface area contributed by atoms with Crippen LogP contribution in [-0.2, 0) is 23.3 Å². The van der Waals surface area contributed by atoms with Crippen LogP contribution < -0.4 is 9.64 Å². The highest BCUT2D eigenvalue weighted by Gasteiger charge is 2.24. The molecule has 1 heterocycles. The van der Waals surface area contributed by atoms with E-state index in [1.54, 1.807) is 0 Å².